The highest BCUT2D eigenvalue weighted by Gasteiger charge is 2.30. The molecule has 3 heteroatoms. The highest BCUT2D eigenvalue weighted by molar-refractivity contribution is 8.00. The van der Waals surface area contributed by atoms with E-state index in [9.17, 15) is 0 Å². The summed E-state index contributed by atoms with van der Waals surface area (Å²) in [5, 5.41) is -0.551. The lowest BCUT2D eigenvalue weighted by Gasteiger charge is -2.30. The lowest BCUT2D eigenvalue weighted by atomic mass is 10.1. The summed E-state index contributed by atoms with van der Waals surface area (Å²) in [4.78, 5) is 1.18. The van der Waals surface area contributed by atoms with E-state index in [1.807, 2.05) is 18.2 Å². The fourth-order valence-corrected chi connectivity index (χ4v) is 3.45. The molecule has 0 amide bonds. The molecule has 0 saturated heterocycles. The summed E-state index contributed by atoms with van der Waals surface area (Å²) in [6.45, 7) is 2.26. The van der Waals surface area contributed by atoms with Crippen molar-refractivity contribution >= 4 is 11.8 Å². The molecule has 2 nitrogen and oxygen atoms in total. The predicted molar refractivity (Wildman–Crippen MR) is 91.7 cm³/mol. The van der Waals surface area contributed by atoms with Gasteiger partial charge in [-0.15, -0.1) is 0 Å². The normalized spacial score (nSPS) is 11.8. The molecule has 0 bridgehead atoms. The fourth-order valence-electron chi connectivity index (χ4n) is 2.39. The van der Waals surface area contributed by atoms with E-state index < -0.39 is 5.12 Å². The molecule has 21 heavy (non-hydrogen) atoms. The Labute approximate surface area is 134 Å². The van der Waals surface area contributed by atoms with E-state index in [2.05, 4.69) is 19.1 Å². The minimum Gasteiger partial charge on any atom is -0.344 e. The molecular formula is C18H30O2S. The van der Waals surface area contributed by atoms with E-state index in [1.54, 1.807) is 26.0 Å². The molecule has 0 atom stereocenters. The molecule has 0 fully saturated rings. The predicted octanol–water partition coefficient (Wildman–Crippen LogP) is 5.87. The third-order valence-corrected chi connectivity index (χ3v) is 5.08. The molecule has 0 saturated carbocycles. The Hall–Kier alpha value is -0.510. The maximum atomic E-state index is 5.68. The number of ether oxygens (including phenoxy) is 2. The number of hydrogen-bond acceptors (Lipinski definition) is 3. The van der Waals surface area contributed by atoms with Gasteiger partial charge < -0.3 is 9.47 Å². The zero-order valence-corrected chi connectivity index (χ0v) is 14.6. The third-order valence-electron chi connectivity index (χ3n) is 3.73. The Balaban J connectivity index is 2.35. The molecule has 1 aromatic rings. The molecule has 1 rings (SSSR count). The second kappa shape index (κ2) is 11.1. The molecule has 0 heterocycles. The summed E-state index contributed by atoms with van der Waals surface area (Å²) < 4.78 is 11.4. The van der Waals surface area contributed by atoms with Gasteiger partial charge in [0.2, 0.25) is 5.12 Å². The summed E-state index contributed by atoms with van der Waals surface area (Å²) in [7, 11) is 3.47. The van der Waals surface area contributed by atoms with Gasteiger partial charge in [-0.3, -0.25) is 0 Å². The first kappa shape index (κ1) is 18.5. The highest BCUT2D eigenvalue weighted by atomic mass is 32.2. The van der Waals surface area contributed by atoms with Crippen molar-refractivity contribution in [3.05, 3.63) is 30.3 Å². The third kappa shape index (κ3) is 7.35. The molecule has 0 aliphatic rings. The topological polar surface area (TPSA) is 18.5 Å². The number of methoxy groups -OCH3 is 2. The number of hydrogen-bond donors (Lipinski definition) is 0. The second-order valence-corrected chi connectivity index (χ2v) is 6.68. The minimum atomic E-state index is -0.551. The monoisotopic (exact) mass is 310 g/mol. The first-order valence-electron chi connectivity index (χ1n) is 8.10. The first-order valence-corrected chi connectivity index (χ1v) is 8.92. The largest absolute Gasteiger partial charge is 0.344 e. The van der Waals surface area contributed by atoms with Crippen molar-refractivity contribution in [2.75, 3.05) is 14.2 Å². The van der Waals surface area contributed by atoms with Crippen LogP contribution in [0.4, 0.5) is 0 Å². The standard InChI is InChI=1S/C18H30O2S/c1-4-5-6-7-8-9-13-16-18(19-2,20-3)21-17-14-11-10-12-15-17/h10-12,14-15H,4-9,13,16H2,1-3H3. The second-order valence-electron chi connectivity index (χ2n) is 5.38. The van der Waals surface area contributed by atoms with Crippen LogP contribution in [0.2, 0.25) is 0 Å². The maximum Gasteiger partial charge on any atom is 0.222 e. The van der Waals surface area contributed by atoms with E-state index in [0.717, 1.165) is 12.8 Å². The average Bonchev–Trinajstić information content (AvgIpc) is 2.54. The molecule has 0 aliphatic heterocycles. The van der Waals surface area contributed by atoms with Gasteiger partial charge >= 0.3 is 0 Å². The van der Waals surface area contributed by atoms with Crippen LogP contribution in [0.1, 0.15) is 58.3 Å². The van der Waals surface area contributed by atoms with Gasteiger partial charge in [0.15, 0.2) is 0 Å². The van der Waals surface area contributed by atoms with E-state index in [0.29, 0.717) is 0 Å². The first-order chi connectivity index (χ1) is 10.3. The molecule has 0 unspecified atom stereocenters. The number of benzene rings is 1. The molecule has 0 spiro atoms. The van der Waals surface area contributed by atoms with Gasteiger partial charge in [-0.2, -0.15) is 0 Å². The van der Waals surface area contributed by atoms with Gasteiger partial charge in [-0.25, -0.2) is 0 Å². The van der Waals surface area contributed by atoms with Gasteiger partial charge in [0.25, 0.3) is 0 Å². The number of thioether (sulfide) groups is 1. The Bertz CT molecular complexity index is 349. The Morgan fingerprint density at radius 3 is 2.00 bits per heavy atom. The van der Waals surface area contributed by atoms with E-state index in [-0.39, 0.29) is 0 Å². The Morgan fingerprint density at radius 2 is 1.43 bits per heavy atom. The molecular weight excluding hydrogens is 280 g/mol. The van der Waals surface area contributed by atoms with Gasteiger partial charge in [0.05, 0.1) is 0 Å². The van der Waals surface area contributed by atoms with Crippen LogP contribution in [0.15, 0.2) is 35.2 Å². The fraction of sp³-hybridized carbons (Fsp3) is 0.667. The van der Waals surface area contributed by atoms with Crippen LogP contribution in [0.3, 0.4) is 0 Å². The Kier molecular flexibility index (Phi) is 9.81. The molecule has 120 valence electrons. The van der Waals surface area contributed by atoms with Crippen molar-refractivity contribution in [3.63, 3.8) is 0 Å². The molecule has 0 radical (unpaired) electrons. The minimum absolute atomic E-state index is 0.551. The van der Waals surface area contributed by atoms with E-state index in [1.165, 1.54) is 43.4 Å². The summed E-state index contributed by atoms with van der Waals surface area (Å²) in [5.41, 5.74) is 0. The van der Waals surface area contributed by atoms with E-state index in [4.69, 9.17) is 9.47 Å². The average molecular weight is 311 g/mol. The van der Waals surface area contributed by atoms with Crippen molar-refractivity contribution in [2.45, 2.75) is 68.3 Å². The van der Waals surface area contributed by atoms with Crippen LogP contribution < -0.4 is 0 Å². The lowest BCUT2D eigenvalue weighted by molar-refractivity contribution is -0.138. The van der Waals surface area contributed by atoms with Crippen molar-refractivity contribution in [2.24, 2.45) is 0 Å². The quantitative estimate of drug-likeness (QED) is 0.273. The van der Waals surface area contributed by atoms with Crippen LogP contribution in [-0.4, -0.2) is 19.3 Å². The van der Waals surface area contributed by atoms with Crippen LogP contribution in [0, 0.1) is 0 Å². The van der Waals surface area contributed by atoms with Gasteiger partial charge in [-0.05, 0) is 18.6 Å². The van der Waals surface area contributed by atoms with Crippen molar-refractivity contribution in [1.29, 1.82) is 0 Å². The molecule has 0 aliphatic carbocycles. The maximum absolute atomic E-state index is 5.68. The molecule has 1 aromatic carbocycles. The zero-order chi connectivity index (χ0) is 15.4. The summed E-state index contributed by atoms with van der Waals surface area (Å²) in [6.07, 6.45) is 10.0. The highest BCUT2D eigenvalue weighted by Crippen LogP contribution is 2.38. The van der Waals surface area contributed by atoms with Gasteiger partial charge in [-0.1, -0.05) is 75.4 Å². The SMILES string of the molecule is CCCCCCCCCC(OC)(OC)Sc1ccccc1. The summed E-state index contributed by atoms with van der Waals surface area (Å²) in [5.74, 6) is 0. The van der Waals surface area contributed by atoms with Gasteiger partial charge in [0, 0.05) is 25.5 Å². The van der Waals surface area contributed by atoms with Gasteiger partial charge in [0.1, 0.15) is 0 Å². The van der Waals surface area contributed by atoms with E-state index >= 15 is 0 Å². The number of rotatable bonds is 12. The van der Waals surface area contributed by atoms with Crippen molar-refractivity contribution in [1.82, 2.24) is 0 Å². The van der Waals surface area contributed by atoms with Crippen molar-refractivity contribution in [3.8, 4) is 0 Å². The van der Waals surface area contributed by atoms with Crippen molar-refractivity contribution < 1.29 is 9.47 Å². The zero-order valence-electron chi connectivity index (χ0n) is 13.8. The molecule has 0 N–H and O–H groups in total. The summed E-state index contributed by atoms with van der Waals surface area (Å²) >= 11 is 1.66. The van der Waals surface area contributed by atoms with Crippen LogP contribution in [0.5, 0.6) is 0 Å². The van der Waals surface area contributed by atoms with Crippen LogP contribution >= 0.6 is 11.8 Å². The number of unbranched alkanes of at least 4 members (excludes halogenated alkanes) is 6. The van der Waals surface area contributed by atoms with Crippen LogP contribution in [0.25, 0.3) is 0 Å². The lowest BCUT2D eigenvalue weighted by Crippen LogP contribution is -2.29. The summed E-state index contributed by atoms with van der Waals surface area (Å²) in [6, 6.07) is 10.3. The smallest absolute Gasteiger partial charge is 0.222 e. The van der Waals surface area contributed by atoms with Crippen LogP contribution in [-0.2, 0) is 9.47 Å². The Morgan fingerprint density at radius 1 is 0.857 bits per heavy atom. The molecule has 0 aromatic heterocycles.